The zero-order valence-electron chi connectivity index (χ0n) is 8.74. The molecule has 0 bridgehead atoms. The van der Waals surface area contributed by atoms with Crippen LogP contribution in [-0.2, 0) is 6.61 Å². The van der Waals surface area contributed by atoms with Crippen molar-refractivity contribution in [3.63, 3.8) is 0 Å². The summed E-state index contributed by atoms with van der Waals surface area (Å²) in [6.07, 6.45) is 3.23. The molecule has 0 spiro atoms. The third-order valence-electron chi connectivity index (χ3n) is 2.34. The van der Waals surface area contributed by atoms with Gasteiger partial charge < -0.3 is 9.63 Å². The lowest BCUT2D eigenvalue weighted by Gasteiger charge is -1.99. The summed E-state index contributed by atoms with van der Waals surface area (Å²) in [6.45, 7) is -0.250. The van der Waals surface area contributed by atoms with Crippen molar-refractivity contribution in [1.82, 2.24) is 20.1 Å². The van der Waals surface area contributed by atoms with Gasteiger partial charge in [0.15, 0.2) is 5.82 Å². The molecule has 0 amide bonds. The second-order valence-electron chi connectivity index (χ2n) is 3.40. The summed E-state index contributed by atoms with van der Waals surface area (Å²) in [5.41, 5.74) is 2.17. The highest BCUT2D eigenvalue weighted by Crippen LogP contribution is 2.24. The van der Waals surface area contributed by atoms with Gasteiger partial charge in [-0.05, 0) is 12.1 Å². The standard InChI is InChI=1S/C11H8N4O2/c16-6-9-14-11(17-15-9)7-2-1-3-8-10(7)13-5-4-12-8/h1-5,16H,6H2. The maximum absolute atomic E-state index is 8.90. The fraction of sp³-hybridized carbons (Fsp3) is 0.0909. The van der Waals surface area contributed by atoms with Crippen LogP contribution in [0, 0.1) is 0 Å². The lowest BCUT2D eigenvalue weighted by atomic mass is 10.2. The van der Waals surface area contributed by atoms with E-state index in [1.54, 1.807) is 12.4 Å². The predicted octanol–water partition coefficient (Wildman–Crippen LogP) is 1.17. The summed E-state index contributed by atoms with van der Waals surface area (Å²) in [6, 6.07) is 5.52. The van der Waals surface area contributed by atoms with Crippen LogP contribution in [0.3, 0.4) is 0 Å². The van der Waals surface area contributed by atoms with E-state index in [-0.39, 0.29) is 12.4 Å². The number of benzene rings is 1. The Morgan fingerprint density at radius 1 is 1.18 bits per heavy atom. The topological polar surface area (TPSA) is 84.9 Å². The average molecular weight is 228 g/mol. The molecule has 3 rings (SSSR count). The molecule has 0 aliphatic rings. The van der Waals surface area contributed by atoms with E-state index in [9.17, 15) is 0 Å². The van der Waals surface area contributed by atoms with Crippen LogP contribution >= 0.6 is 0 Å². The van der Waals surface area contributed by atoms with Gasteiger partial charge in [-0.2, -0.15) is 4.98 Å². The van der Waals surface area contributed by atoms with Crippen LogP contribution in [0.4, 0.5) is 0 Å². The first kappa shape index (κ1) is 9.86. The Morgan fingerprint density at radius 2 is 2.06 bits per heavy atom. The van der Waals surface area contributed by atoms with Crippen molar-refractivity contribution in [3.05, 3.63) is 36.4 Å². The molecule has 0 fully saturated rings. The van der Waals surface area contributed by atoms with Gasteiger partial charge >= 0.3 is 0 Å². The molecule has 84 valence electrons. The van der Waals surface area contributed by atoms with Crippen LogP contribution < -0.4 is 0 Å². The molecule has 0 aliphatic heterocycles. The summed E-state index contributed by atoms with van der Waals surface area (Å²) in [4.78, 5) is 12.5. The van der Waals surface area contributed by atoms with Gasteiger partial charge in [-0.1, -0.05) is 11.2 Å². The van der Waals surface area contributed by atoms with Gasteiger partial charge in [0.25, 0.3) is 5.89 Å². The molecule has 17 heavy (non-hydrogen) atoms. The second-order valence-corrected chi connectivity index (χ2v) is 3.40. The zero-order valence-corrected chi connectivity index (χ0v) is 8.74. The van der Waals surface area contributed by atoms with Gasteiger partial charge in [0, 0.05) is 12.4 Å². The molecular formula is C11H8N4O2. The Balaban J connectivity index is 2.23. The lowest BCUT2D eigenvalue weighted by Crippen LogP contribution is -1.88. The molecule has 0 radical (unpaired) electrons. The number of hydrogen-bond donors (Lipinski definition) is 1. The van der Waals surface area contributed by atoms with Gasteiger partial charge in [0.1, 0.15) is 12.1 Å². The van der Waals surface area contributed by atoms with Gasteiger partial charge in [-0.3, -0.25) is 9.97 Å². The molecule has 0 saturated heterocycles. The number of aromatic nitrogens is 4. The number of aliphatic hydroxyl groups is 1. The lowest BCUT2D eigenvalue weighted by molar-refractivity contribution is 0.264. The Morgan fingerprint density at radius 3 is 2.88 bits per heavy atom. The summed E-state index contributed by atoms with van der Waals surface area (Å²) in [5.74, 6) is 0.584. The van der Waals surface area contributed by atoms with Crippen molar-refractivity contribution in [1.29, 1.82) is 0 Å². The molecule has 1 N–H and O–H groups in total. The quantitative estimate of drug-likeness (QED) is 0.708. The third kappa shape index (κ3) is 1.64. The summed E-state index contributed by atoms with van der Waals surface area (Å²) in [5, 5.41) is 12.5. The molecular weight excluding hydrogens is 220 g/mol. The first-order valence-electron chi connectivity index (χ1n) is 5.02. The van der Waals surface area contributed by atoms with E-state index in [1.165, 1.54) is 0 Å². The number of rotatable bonds is 2. The molecule has 0 aliphatic carbocycles. The summed E-state index contributed by atoms with van der Waals surface area (Å²) >= 11 is 0. The highest BCUT2D eigenvalue weighted by molar-refractivity contribution is 5.88. The Hall–Kier alpha value is -2.34. The smallest absolute Gasteiger partial charge is 0.260 e. The van der Waals surface area contributed by atoms with Crippen molar-refractivity contribution < 1.29 is 9.63 Å². The van der Waals surface area contributed by atoms with E-state index in [4.69, 9.17) is 9.63 Å². The third-order valence-corrected chi connectivity index (χ3v) is 2.34. The van der Waals surface area contributed by atoms with Crippen LogP contribution in [0.5, 0.6) is 0 Å². The Labute approximate surface area is 96.0 Å². The fourth-order valence-electron chi connectivity index (χ4n) is 1.59. The van der Waals surface area contributed by atoms with Crippen molar-refractivity contribution in [2.24, 2.45) is 0 Å². The number of fused-ring (bicyclic) bond motifs is 1. The predicted molar refractivity (Wildman–Crippen MR) is 58.8 cm³/mol. The molecule has 0 atom stereocenters. The van der Waals surface area contributed by atoms with Crippen molar-refractivity contribution >= 4 is 11.0 Å². The molecule has 0 unspecified atom stereocenters. The van der Waals surface area contributed by atoms with Gasteiger partial charge in [0.2, 0.25) is 0 Å². The van der Waals surface area contributed by atoms with Crippen LogP contribution in [-0.4, -0.2) is 25.2 Å². The highest BCUT2D eigenvalue weighted by Gasteiger charge is 2.12. The maximum atomic E-state index is 8.90. The van der Waals surface area contributed by atoms with Crippen LogP contribution in [0.1, 0.15) is 5.82 Å². The van der Waals surface area contributed by atoms with Gasteiger partial charge in [-0.15, -0.1) is 0 Å². The normalized spacial score (nSPS) is 10.9. The minimum absolute atomic E-state index is 0.250. The van der Waals surface area contributed by atoms with Crippen LogP contribution in [0.15, 0.2) is 35.1 Å². The highest BCUT2D eigenvalue weighted by atomic mass is 16.5. The fourth-order valence-corrected chi connectivity index (χ4v) is 1.59. The van der Waals surface area contributed by atoms with E-state index in [1.807, 2.05) is 18.2 Å². The first-order valence-corrected chi connectivity index (χ1v) is 5.02. The molecule has 1 aromatic carbocycles. The SMILES string of the molecule is OCc1noc(-c2cccc3nccnc23)n1. The molecule has 6 nitrogen and oxygen atoms in total. The molecule has 0 saturated carbocycles. The zero-order chi connectivity index (χ0) is 11.7. The van der Waals surface area contributed by atoms with Crippen molar-refractivity contribution in [2.45, 2.75) is 6.61 Å². The number of aliphatic hydroxyl groups excluding tert-OH is 1. The summed E-state index contributed by atoms with van der Waals surface area (Å²) in [7, 11) is 0. The molecule has 6 heteroatoms. The number of para-hydroxylation sites is 1. The van der Waals surface area contributed by atoms with Gasteiger partial charge in [0.05, 0.1) is 11.1 Å². The van der Waals surface area contributed by atoms with Crippen molar-refractivity contribution in [3.8, 4) is 11.5 Å². The van der Waals surface area contributed by atoms with Gasteiger partial charge in [-0.25, -0.2) is 0 Å². The maximum Gasteiger partial charge on any atom is 0.260 e. The second kappa shape index (κ2) is 3.91. The molecule has 3 aromatic rings. The van der Waals surface area contributed by atoms with Crippen molar-refractivity contribution in [2.75, 3.05) is 0 Å². The molecule has 2 aromatic heterocycles. The largest absolute Gasteiger partial charge is 0.388 e. The minimum atomic E-state index is -0.250. The van der Waals surface area contributed by atoms with Crippen LogP contribution in [0.2, 0.25) is 0 Å². The van der Waals surface area contributed by atoms with E-state index >= 15 is 0 Å². The monoisotopic (exact) mass is 228 g/mol. The van der Waals surface area contributed by atoms with E-state index < -0.39 is 0 Å². The minimum Gasteiger partial charge on any atom is -0.388 e. The van der Waals surface area contributed by atoms with E-state index in [0.29, 0.717) is 17.0 Å². The Kier molecular flexibility index (Phi) is 2.27. The van der Waals surface area contributed by atoms with Crippen LogP contribution in [0.25, 0.3) is 22.5 Å². The number of nitrogens with zero attached hydrogens (tertiary/aromatic N) is 4. The number of hydrogen-bond acceptors (Lipinski definition) is 6. The van der Waals surface area contributed by atoms with E-state index in [2.05, 4.69) is 20.1 Å². The summed E-state index contributed by atoms with van der Waals surface area (Å²) < 4.78 is 5.06. The first-order chi connectivity index (χ1) is 8.38. The molecule has 2 heterocycles. The van der Waals surface area contributed by atoms with E-state index in [0.717, 1.165) is 5.52 Å². The Bertz CT molecular complexity index is 660. The average Bonchev–Trinajstić information content (AvgIpc) is 2.87.